The fourth-order valence-electron chi connectivity index (χ4n) is 2.13. The summed E-state index contributed by atoms with van der Waals surface area (Å²) in [6.07, 6.45) is 3.84. The van der Waals surface area contributed by atoms with E-state index in [9.17, 15) is 0 Å². The Hall–Kier alpha value is 0.170. The van der Waals surface area contributed by atoms with Crippen LogP contribution in [0.1, 0.15) is 33.1 Å². The second kappa shape index (κ2) is 10.0. The average molecular weight is 278 g/mol. The van der Waals surface area contributed by atoms with Crippen LogP contribution >= 0.6 is 11.6 Å². The molecule has 1 rings (SSSR count). The van der Waals surface area contributed by atoms with E-state index >= 15 is 0 Å². The summed E-state index contributed by atoms with van der Waals surface area (Å²) in [7, 11) is 0. The Kier molecular flexibility index (Phi) is 9.03. The highest BCUT2D eigenvalue weighted by Crippen LogP contribution is 2.13. The van der Waals surface area contributed by atoms with Crippen molar-refractivity contribution in [2.75, 3.05) is 45.3 Å². The molecule has 0 saturated carbocycles. The van der Waals surface area contributed by atoms with Gasteiger partial charge in [0.15, 0.2) is 0 Å². The van der Waals surface area contributed by atoms with Crippen molar-refractivity contribution >= 4 is 11.6 Å². The SMILES string of the molecule is CC(C)CCOCCN1CCC(OCCCl)CC1. The Morgan fingerprint density at radius 3 is 2.50 bits per heavy atom. The molecule has 0 radical (unpaired) electrons. The third kappa shape index (κ3) is 7.57. The summed E-state index contributed by atoms with van der Waals surface area (Å²) < 4.78 is 11.3. The van der Waals surface area contributed by atoms with Crippen LogP contribution < -0.4 is 0 Å². The van der Waals surface area contributed by atoms with Gasteiger partial charge in [-0.3, -0.25) is 0 Å². The average Bonchev–Trinajstić information content (AvgIpc) is 2.37. The summed E-state index contributed by atoms with van der Waals surface area (Å²) in [6.45, 7) is 10.2. The van der Waals surface area contributed by atoms with Gasteiger partial charge in [-0.1, -0.05) is 13.8 Å². The molecule has 0 N–H and O–H groups in total. The van der Waals surface area contributed by atoms with Gasteiger partial charge in [-0.05, 0) is 25.2 Å². The molecule has 0 aromatic heterocycles. The van der Waals surface area contributed by atoms with Crippen molar-refractivity contribution in [1.29, 1.82) is 0 Å². The predicted octanol–water partition coefficient (Wildman–Crippen LogP) is 2.77. The molecule has 0 amide bonds. The van der Waals surface area contributed by atoms with Gasteiger partial charge in [0, 0.05) is 32.1 Å². The van der Waals surface area contributed by atoms with E-state index in [1.807, 2.05) is 0 Å². The molecule has 1 aliphatic heterocycles. The quantitative estimate of drug-likeness (QED) is 0.478. The van der Waals surface area contributed by atoms with Crippen LogP contribution in [-0.4, -0.2) is 56.3 Å². The third-order valence-corrected chi connectivity index (χ3v) is 3.51. The summed E-state index contributed by atoms with van der Waals surface area (Å²) in [4.78, 5) is 2.47. The molecule has 0 unspecified atom stereocenters. The molecule has 0 aromatic carbocycles. The third-order valence-electron chi connectivity index (χ3n) is 3.36. The molecule has 1 saturated heterocycles. The van der Waals surface area contributed by atoms with Crippen LogP contribution in [0.4, 0.5) is 0 Å². The zero-order chi connectivity index (χ0) is 13.2. The second-order valence-corrected chi connectivity index (χ2v) is 5.77. The maximum Gasteiger partial charge on any atom is 0.0605 e. The molecule has 0 bridgehead atoms. The number of hydrogen-bond acceptors (Lipinski definition) is 3. The predicted molar refractivity (Wildman–Crippen MR) is 76.4 cm³/mol. The zero-order valence-corrected chi connectivity index (χ0v) is 12.6. The molecule has 0 aliphatic carbocycles. The second-order valence-electron chi connectivity index (χ2n) is 5.40. The number of hydrogen-bond donors (Lipinski definition) is 0. The van der Waals surface area contributed by atoms with E-state index < -0.39 is 0 Å². The van der Waals surface area contributed by atoms with Crippen LogP contribution in [0.3, 0.4) is 0 Å². The fourth-order valence-corrected chi connectivity index (χ4v) is 2.21. The lowest BCUT2D eigenvalue weighted by Crippen LogP contribution is -2.39. The van der Waals surface area contributed by atoms with Gasteiger partial charge in [-0.15, -0.1) is 11.6 Å². The van der Waals surface area contributed by atoms with Crippen molar-refractivity contribution in [1.82, 2.24) is 4.90 Å². The normalized spacial score (nSPS) is 18.7. The highest BCUT2D eigenvalue weighted by Gasteiger charge is 2.18. The monoisotopic (exact) mass is 277 g/mol. The van der Waals surface area contributed by atoms with Crippen LogP contribution in [0.2, 0.25) is 0 Å². The van der Waals surface area contributed by atoms with Gasteiger partial charge in [0.2, 0.25) is 0 Å². The lowest BCUT2D eigenvalue weighted by molar-refractivity contribution is 0.00717. The molecular formula is C14H28ClNO2. The van der Waals surface area contributed by atoms with Crippen molar-refractivity contribution in [2.24, 2.45) is 5.92 Å². The first-order valence-corrected chi connectivity index (χ1v) is 7.73. The maximum atomic E-state index is 5.66. The first-order valence-electron chi connectivity index (χ1n) is 7.20. The van der Waals surface area contributed by atoms with E-state index in [2.05, 4.69) is 18.7 Å². The van der Waals surface area contributed by atoms with Gasteiger partial charge in [-0.25, -0.2) is 0 Å². The van der Waals surface area contributed by atoms with Crippen LogP contribution in [0, 0.1) is 5.92 Å². The van der Waals surface area contributed by atoms with Crippen molar-refractivity contribution in [3.63, 3.8) is 0 Å². The van der Waals surface area contributed by atoms with Crippen LogP contribution in [0.15, 0.2) is 0 Å². The lowest BCUT2D eigenvalue weighted by atomic mass is 10.1. The Labute approximate surface area is 117 Å². The van der Waals surface area contributed by atoms with Crippen molar-refractivity contribution in [3.8, 4) is 0 Å². The van der Waals surface area contributed by atoms with E-state index in [1.54, 1.807) is 0 Å². The smallest absolute Gasteiger partial charge is 0.0605 e. The standard InChI is InChI=1S/C14H28ClNO2/c1-13(2)5-10-17-12-9-16-7-3-14(4-8-16)18-11-6-15/h13-14H,3-12H2,1-2H3. The fraction of sp³-hybridized carbons (Fsp3) is 1.00. The van der Waals surface area contributed by atoms with Crippen molar-refractivity contribution in [3.05, 3.63) is 0 Å². The molecule has 18 heavy (non-hydrogen) atoms. The molecule has 0 spiro atoms. The van der Waals surface area contributed by atoms with E-state index in [0.717, 1.165) is 58.0 Å². The number of halogens is 1. The first-order chi connectivity index (χ1) is 8.72. The van der Waals surface area contributed by atoms with Gasteiger partial charge in [0.1, 0.15) is 0 Å². The van der Waals surface area contributed by atoms with E-state index in [4.69, 9.17) is 21.1 Å². The Morgan fingerprint density at radius 1 is 1.17 bits per heavy atom. The summed E-state index contributed by atoms with van der Waals surface area (Å²) in [5, 5.41) is 0. The molecule has 0 atom stereocenters. The Bertz CT molecular complexity index is 194. The minimum absolute atomic E-state index is 0.418. The van der Waals surface area contributed by atoms with Gasteiger partial charge in [0.25, 0.3) is 0 Å². The summed E-state index contributed by atoms with van der Waals surface area (Å²) >= 11 is 5.62. The number of piperidine rings is 1. The van der Waals surface area contributed by atoms with Crippen LogP contribution in [0.5, 0.6) is 0 Å². The largest absolute Gasteiger partial charge is 0.380 e. The summed E-state index contributed by atoms with van der Waals surface area (Å²) in [5.74, 6) is 1.34. The van der Waals surface area contributed by atoms with Gasteiger partial charge in [0.05, 0.1) is 19.3 Å². The number of likely N-dealkylation sites (tertiary alicyclic amines) is 1. The number of alkyl halides is 1. The number of ether oxygens (including phenoxy) is 2. The van der Waals surface area contributed by atoms with Crippen molar-refractivity contribution in [2.45, 2.75) is 39.2 Å². The number of rotatable bonds is 9. The summed E-state index contributed by atoms with van der Waals surface area (Å²) in [6, 6.07) is 0. The molecule has 0 aromatic rings. The highest BCUT2D eigenvalue weighted by atomic mass is 35.5. The Morgan fingerprint density at radius 2 is 1.89 bits per heavy atom. The van der Waals surface area contributed by atoms with Gasteiger partial charge in [-0.2, -0.15) is 0 Å². The van der Waals surface area contributed by atoms with E-state index in [0.29, 0.717) is 18.6 Å². The molecule has 4 heteroatoms. The van der Waals surface area contributed by atoms with Crippen molar-refractivity contribution < 1.29 is 9.47 Å². The molecular weight excluding hydrogens is 250 g/mol. The van der Waals surface area contributed by atoms with Crippen LogP contribution in [-0.2, 0) is 9.47 Å². The zero-order valence-electron chi connectivity index (χ0n) is 11.9. The minimum Gasteiger partial charge on any atom is -0.380 e. The molecule has 1 fully saturated rings. The van der Waals surface area contributed by atoms with Gasteiger partial charge < -0.3 is 14.4 Å². The topological polar surface area (TPSA) is 21.7 Å². The summed E-state index contributed by atoms with van der Waals surface area (Å²) in [5.41, 5.74) is 0. The number of nitrogens with zero attached hydrogens (tertiary/aromatic N) is 1. The van der Waals surface area contributed by atoms with E-state index in [1.165, 1.54) is 0 Å². The Balaban J connectivity index is 1.95. The molecule has 108 valence electrons. The maximum absolute atomic E-state index is 5.66. The van der Waals surface area contributed by atoms with Crippen LogP contribution in [0.25, 0.3) is 0 Å². The van der Waals surface area contributed by atoms with Gasteiger partial charge >= 0.3 is 0 Å². The lowest BCUT2D eigenvalue weighted by Gasteiger charge is -2.31. The van der Waals surface area contributed by atoms with E-state index in [-0.39, 0.29) is 0 Å². The first kappa shape index (κ1) is 16.2. The molecule has 3 nitrogen and oxygen atoms in total. The highest BCUT2D eigenvalue weighted by molar-refractivity contribution is 6.17. The molecule has 1 heterocycles. The minimum atomic E-state index is 0.418. The molecule has 1 aliphatic rings.